The number of rotatable bonds is 10. The molecule has 144 valence electrons. The maximum atomic E-state index is 13.8. The first-order valence-electron chi connectivity index (χ1n) is 9.40. The van der Waals surface area contributed by atoms with Gasteiger partial charge in [-0.3, -0.25) is 0 Å². The number of hydrogen-bond acceptors (Lipinski definition) is 3. The zero-order valence-electron chi connectivity index (χ0n) is 16.6. The van der Waals surface area contributed by atoms with Crippen LogP contribution in [-0.4, -0.2) is 35.5 Å². The Hall–Kier alpha value is -1.55. The second kappa shape index (κ2) is 9.40. The van der Waals surface area contributed by atoms with E-state index in [-0.39, 0.29) is 0 Å². The Bertz CT molecular complexity index is 703. The molecule has 0 aliphatic rings. The highest BCUT2D eigenvalue weighted by Crippen LogP contribution is 2.54. The van der Waals surface area contributed by atoms with Gasteiger partial charge in [-0.2, -0.15) is 0 Å². The smallest absolute Gasteiger partial charge is 0.397 e. The van der Waals surface area contributed by atoms with Gasteiger partial charge in [0.2, 0.25) is 0 Å². The van der Waals surface area contributed by atoms with E-state index in [2.05, 4.69) is 31.2 Å². The van der Waals surface area contributed by atoms with Crippen LogP contribution in [0.5, 0.6) is 5.95 Å². The van der Waals surface area contributed by atoms with Gasteiger partial charge in [-0.25, -0.2) is 13.9 Å². The predicted octanol–water partition coefficient (Wildman–Crippen LogP) is 5.35. The van der Waals surface area contributed by atoms with Gasteiger partial charge in [0, 0.05) is 38.2 Å². The molecule has 2 aromatic rings. The Morgan fingerprint density at radius 1 is 0.923 bits per heavy atom. The van der Waals surface area contributed by atoms with E-state index >= 15 is 0 Å². The van der Waals surface area contributed by atoms with Crippen LogP contribution < -0.4 is 4.52 Å². The first kappa shape index (κ1) is 20.8. The zero-order chi connectivity index (χ0) is 19.2. The fourth-order valence-electron chi connectivity index (χ4n) is 3.02. The standard InChI is InChI=1S/C20H31N2O3P/c1-6-21(7-2)26(23,22(8-3)9-4)25-20-19(14-15-24-20)16-18-12-10-17(5)11-13-18/h10-15H,6-9,16H2,1-5H3. The molecule has 0 N–H and O–H groups in total. The van der Waals surface area contributed by atoms with Crippen molar-refractivity contribution in [2.24, 2.45) is 0 Å². The molecule has 0 fully saturated rings. The minimum atomic E-state index is -3.19. The summed E-state index contributed by atoms with van der Waals surface area (Å²) in [7, 11) is -3.19. The summed E-state index contributed by atoms with van der Waals surface area (Å²) in [6.07, 6.45) is 2.29. The lowest BCUT2D eigenvalue weighted by molar-refractivity contribution is 0.265. The number of furan rings is 1. The largest absolute Gasteiger partial charge is 0.434 e. The minimum absolute atomic E-state index is 0.354. The minimum Gasteiger partial charge on any atom is -0.434 e. The first-order valence-corrected chi connectivity index (χ1v) is 10.9. The molecule has 0 amide bonds. The fraction of sp³-hybridized carbons (Fsp3) is 0.500. The van der Waals surface area contributed by atoms with E-state index in [4.69, 9.17) is 8.94 Å². The van der Waals surface area contributed by atoms with Gasteiger partial charge in [0.15, 0.2) is 0 Å². The van der Waals surface area contributed by atoms with Gasteiger partial charge in [-0.1, -0.05) is 57.5 Å². The highest BCUT2D eigenvalue weighted by molar-refractivity contribution is 7.54. The predicted molar refractivity (Wildman–Crippen MR) is 107 cm³/mol. The van der Waals surface area contributed by atoms with Crippen LogP contribution in [0.3, 0.4) is 0 Å². The zero-order valence-corrected chi connectivity index (χ0v) is 17.5. The topological polar surface area (TPSA) is 45.9 Å². The summed E-state index contributed by atoms with van der Waals surface area (Å²) in [6, 6.07) is 10.3. The van der Waals surface area contributed by atoms with Gasteiger partial charge in [-0.05, 0) is 18.6 Å². The SMILES string of the molecule is CCN(CC)P(=O)(Oc1occc1Cc1ccc(C)cc1)N(CC)CC. The molecule has 1 aromatic heterocycles. The molecule has 5 nitrogen and oxygen atoms in total. The third-order valence-corrected chi connectivity index (χ3v) is 7.56. The van der Waals surface area contributed by atoms with Crippen molar-refractivity contribution in [3.8, 4) is 5.95 Å². The average molecular weight is 378 g/mol. The highest BCUT2D eigenvalue weighted by atomic mass is 31.2. The molecule has 0 aliphatic heterocycles. The van der Waals surface area contributed by atoms with Crippen LogP contribution in [0.1, 0.15) is 44.4 Å². The van der Waals surface area contributed by atoms with Crippen molar-refractivity contribution in [3.63, 3.8) is 0 Å². The van der Waals surface area contributed by atoms with E-state index in [1.54, 1.807) is 6.26 Å². The van der Waals surface area contributed by atoms with E-state index in [9.17, 15) is 4.57 Å². The third kappa shape index (κ3) is 4.59. The summed E-state index contributed by atoms with van der Waals surface area (Å²) >= 11 is 0. The molecule has 1 heterocycles. The van der Waals surface area contributed by atoms with E-state index < -0.39 is 7.67 Å². The molecule has 0 atom stereocenters. The van der Waals surface area contributed by atoms with Crippen LogP contribution in [0.4, 0.5) is 0 Å². The lowest BCUT2D eigenvalue weighted by Crippen LogP contribution is -2.34. The number of aryl methyl sites for hydroxylation is 1. The number of hydrogen-bond donors (Lipinski definition) is 0. The quantitative estimate of drug-likeness (QED) is 0.522. The Balaban J connectivity index is 2.30. The second-order valence-electron chi connectivity index (χ2n) is 6.26. The molecule has 26 heavy (non-hydrogen) atoms. The van der Waals surface area contributed by atoms with Crippen molar-refractivity contribution >= 4 is 7.67 Å². The summed E-state index contributed by atoms with van der Waals surface area (Å²) in [5.41, 5.74) is 3.31. The molecule has 0 radical (unpaired) electrons. The molecule has 2 rings (SSSR count). The Labute approximate surface area is 157 Å². The van der Waals surface area contributed by atoms with Gasteiger partial charge in [0.05, 0.1) is 6.26 Å². The molecule has 0 unspecified atom stereocenters. The summed E-state index contributed by atoms with van der Waals surface area (Å²) in [4.78, 5) is 0. The molecule has 0 spiro atoms. The van der Waals surface area contributed by atoms with E-state index in [1.165, 1.54) is 11.1 Å². The fourth-order valence-corrected chi connectivity index (χ4v) is 5.42. The summed E-state index contributed by atoms with van der Waals surface area (Å²) in [5, 5.41) is 0. The second-order valence-corrected chi connectivity index (χ2v) is 8.55. The van der Waals surface area contributed by atoms with Crippen molar-refractivity contribution < 1.29 is 13.5 Å². The Morgan fingerprint density at radius 2 is 1.46 bits per heavy atom. The monoisotopic (exact) mass is 378 g/mol. The summed E-state index contributed by atoms with van der Waals surface area (Å²) in [6.45, 7) is 12.7. The van der Waals surface area contributed by atoms with Crippen molar-refractivity contribution in [2.75, 3.05) is 26.2 Å². The van der Waals surface area contributed by atoms with Gasteiger partial charge in [0.1, 0.15) is 0 Å². The van der Waals surface area contributed by atoms with Crippen LogP contribution in [0.15, 0.2) is 41.0 Å². The van der Waals surface area contributed by atoms with Crippen LogP contribution in [0.25, 0.3) is 0 Å². The Morgan fingerprint density at radius 3 is 1.96 bits per heavy atom. The molecule has 0 saturated heterocycles. The number of nitrogens with zero attached hydrogens (tertiary/aromatic N) is 2. The van der Waals surface area contributed by atoms with Crippen molar-refractivity contribution in [3.05, 3.63) is 53.3 Å². The summed E-state index contributed by atoms with van der Waals surface area (Å²) < 4.78 is 29.3. The lowest BCUT2D eigenvalue weighted by atomic mass is 10.1. The number of benzene rings is 1. The van der Waals surface area contributed by atoms with E-state index in [1.807, 2.05) is 43.1 Å². The van der Waals surface area contributed by atoms with Gasteiger partial charge in [0.25, 0.3) is 5.95 Å². The summed E-state index contributed by atoms with van der Waals surface area (Å²) in [5.74, 6) is 0.354. The van der Waals surface area contributed by atoms with Crippen LogP contribution in [0.2, 0.25) is 0 Å². The molecular formula is C20H31N2O3P. The maximum absolute atomic E-state index is 13.8. The highest BCUT2D eigenvalue weighted by Gasteiger charge is 2.38. The van der Waals surface area contributed by atoms with Crippen LogP contribution in [0, 0.1) is 6.92 Å². The molecule has 0 bridgehead atoms. The van der Waals surface area contributed by atoms with Crippen LogP contribution >= 0.6 is 7.67 Å². The average Bonchev–Trinajstić information content (AvgIpc) is 3.05. The van der Waals surface area contributed by atoms with Crippen molar-refractivity contribution in [1.29, 1.82) is 0 Å². The van der Waals surface area contributed by atoms with Crippen molar-refractivity contribution in [2.45, 2.75) is 41.0 Å². The Kier molecular flexibility index (Phi) is 7.51. The van der Waals surface area contributed by atoms with Crippen molar-refractivity contribution in [1.82, 2.24) is 9.34 Å². The molecular weight excluding hydrogens is 347 g/mol. The van der Waals surface area contributed by atoms with E-state index in [0.29, 0.717) is 38.5 Å². The molecule has 0 aliphatic carbocycles. The lowest BCUT2D eigenvalue weighted by Gasteiger charge is -2.35. The molecule has 6 heteroatoms. The van der Waals surface area contributed by atoms with Gasteiger partial charge in [-0.15, -0.1) is 0 Å². The third-order valence-electron chi connectivity index (χ3n) is 4.60. The normalized spacial score (nSPS) is 12.1. The van der Waals surface area contributed by atoms with Crippen LogP contribution in [-0.2, 0) is 11.0 Å². The van der Waals surface area contributed by atoms with E-state index in [0.717, 1.165) is 5.56 Å². The maximum Gasteiger partial charge on any atom is 0.397 e. The van der Waals surface area contributed by atoms with Gasteiger partial charge >= 0.3 is 7.67 Å². The van der Waals surface area contributed by atoms with Gasteiger partial charge < -0.3 is 8.94 Å². The first-order chi connectivity index (χ1) is 12.5. The molecule has 0 saturated carbocycles. The molecule has 1 aromatic carbocycles.